The molecule has 0 unspecified atom stereocenters. The second kappa shape index (κ2) is 32.9. The first-order valence-corrected chi connectivity index (χ1v) is 16.6. The monoisotopic (exact) mass is 512 g/mol. The minimum atomic E-state index is 0.706. The molecular weight excluding hydrogens is 442 g/mol. The molecule has 0 atom stereocenters. The normalized spacial score (nSPS) is 11.7. The van der Waals surface area contributed by atoms with E-state index in [1.807, 2.05) is 0 Å². The number of unbranched alkanes of at least 4 members (excludes halogenated alkanes) is 22. The number of hydrogen-bond acceptors (Lipinski definition) is 3. The molecule has 36 heavy (non-hydrogen) atoms. The van der Waals surface area contributed by atoms with E-state index in [0.29, 0.717) is 6.61 Å². The Bertz CT molecular complexity index is 349. The Hall–Kier alpha value is -0.120. The van der Waals surface area contributed by atoms with E-state index >= 15 is 0 Å². The SMILES string of the molecule is CCCCCCCCCCCCCCN(CCCCCCCCCCCCCC)CCOCCOC. The van der Waals surface area contributed by atoms with Crippen molar-refractivity contribution in [3.8, 4) is 0 Å². The molecule has 0 N–H and O–H groups in total. The first kappa shape index (κ1) is 35.9. The first-order valence-electron chi connectivity index (χ1n) is 16.6. The molecule has 0 radical (unpaired) electrons. The van der Waals surface area contributed by atoms with Gasteiger partial charge in [0, 0.05) is 13.7 Å². The van der Waals surface area contributed by atoms with Crippen molar-refractivity contribution in [1.29, 1.82) is 0 Å². The molecule has 0 fully saturated rings. The number of nitrogens with zero attached hydrogens (tertiary/aromatic N) is 1. The topological polar surface area (TPSA) is 21.7 Å². The van der Waals surface area contributed by atoms with E-state index in [0.717, 1.165) is 19.8 Å². The van der Waals surface area contributed by atoms with E-state index < -0.39 is 0 Å². The Morgan fingerprint density at radius 3 is 1.03 bits per heavy atom. The fourth-order valence-corrected chi connectivity index (χ4v) is 5.13. The number of methoxy groups -OCH3 is 1. The van der Waals surface area contributed by atoms with Crippen LogP contribution in [-0.4, -0.2) is 51.5 Å². The van der Waals surface area contributed by atoms with Crippen LogP contribution < -0.4 is 0 Å². The molecule has 0 saturated heterocycles. The maximum absolute atomic E-state index is 5.76. The molecule has 3 nitrogen and oxygen atoms in total. The van der Waals surface area contributed by atoms with Gasteiger partial charge in [0.15, 0.2) is 0 Å². The summed E-state index contributed by atoms with van der Waals surface area (Å²) in [6.45, 7) is 10.5. The van der Waals surface area contributed by atoms with Crippen LogP contribution in [0.5, 0.6) is 0 Å². The van der Waals surface area contributed by atoms with E-state index in [1.54, 1.807) is 7.11 Å². The largest absolute Gasteiger partial charge is 0.382 e. The third-order valence-electron chi connectivity index (χ3n) is 7.64. The maximum Gasteiger partial charge on any atom is 0.0700 e. The lowest BCUT2D eigenvalue weighted by Gasteiger charge is -2.22. The Labute approximate surface area is 228 Å². The molecule has 0 saturated carbocycles. The van der Waals surface area contributed by atoms with Crippen molar-refractivity contribution in [2.24, 2.45) is 0 Å². The van der Waals surface area contributed by atoms with Gasteiger partial charge in [0.25, 0.3) is 0 Å². The van der Waals surface area contributed by atoms with E-state index in [2.05, 4.69) is 18.7 Å². The molecule has 0 heterocycles. The van der Waals surface area contributed by atoms with Crippen LogP contribution in [0.3, 0.4) is 0 Å². The molecule has 0 aromatic heterocycles. The molecule has 0 amide bonds. The first-order chi connectivity index (χ1) is 17.8. The zero-order valence-electron chi connectivity index (χ0n) is 25.5. The van der Waals surface area contributed by atoms with Gasteiger partial charge < -0.3 is 14.4 Å². The van der Waals surface area contributed by atoms with Gasteiger partial charge in [-0.3, -0.25) is 0 Å². The van der Waals surface area contributed by atoms with Crippen LogP contribution in [0.25, 0.3) is 0 Å². The minimum Gasteiger partial charge on any atom is -0.382 e. The van der Waals surface area contributed by atoms with Crippen LogP contribution in [0.2, 0.25) is 0 Å². The van der Waals surface area contributed by atoms with Gasteiger partial charge in [-0.05, 0) is 25.9 Å². The van der Waals surface area contributed by atoms with Crippen LogP contribution in [0, 0.1) is 0 Å². The van der Waals surface area contributed by atoms with Gasteiger partial charge in [-0.2, -0.15) is 0 Å². The summed E-state index contributed by atoms with van der Waals surface area (Å²) in [4.78, 5) is 2.67. The van der Waals surface area contributed by atoms with E-state index in [4.69, 9.17) is 9.47 Å². The van der Waals surface area contributed by atoms with Crippen LogP contribution in [0.4, 0.5) is 0 Å². The highest BCUT2D eigenvalue weighted by atomic mass is 16.5. The lowest BCUT2D eigenvalue weighted by atomic mass is 10.0. The molecule has 0 aromatic rings. The highest BCUT2D eigenvalue weighted by molar-refractivity contribution is 4.60. The predicted octanol–water partition coefficient (Wildman–Crippen LogP) is 10.4. The van der Waals surface area contributed by atoms with Crippen molar-refractivity contribution in [3.05, 3.63) is 0 Å². The number of ether oxygens (including phenoxy) is 2. The summed E-state index contributed by atoms with van der Waals surface area (Å²) in [7, 11) is 1.75. The molecule has 0 spiro atoms. The van der Waals surface area contributed by atoms with E-state index in [-0.39, 0.29) is 0 Å². The summed E-state index contributed by atoms with van der Waals surface area (Å²) >= 11 is 0. The lowest BCUT2D eigenvalue weighted by Crippen LogP contribution is -2.30. The highest BCUT2D eigenvalue weighted by Gasteiger charge is 2.05. The van der Waals surface area contributed by atoms with Crippen molar-refractivity contribution >= 4 is 0 Å². The van der Waals surface area contributed by atoms with Crippen LogP contribution >= 0.6 is 0 Å². The smallest absolute Gasteiger partial charge is 0.0700 e. The molecular formula is C33H69NO2. The fourth-order valence-electron chi connectivity index (χ4n) is 5.13. The molecule has 0 rings (SSSR count). The van der Waals surface area contributed by atoms with Crippen LogP contribution in [0.15, 0.2) is 0 Å². The van der Waals surface area contributed by atoms with E-state index in [1.165, 1.54) is 167 Å². The van der Waals surface area contributed by atoms with Gasteiger partial charge in [0.2, 0.25) is 0 Å². The minimum absolute atomic E-state index is 0.706. The molecule has 218 valence electrons. The Morgan fingerprint density at radius 2 is 0.694 bits per heavy atom. The van der Waals surface area contributed by atoms with Gasteiger partial charge in [-0.15, -0.1) is 0 Å². The molecule has 0 aliphatic heterocycles. The lowest BCUT2D eigenvalue weighted by molar-refractivity contribution is 0.0565. The second-order valence-electron chi connectivity index (χ2n) is 11.2. The Balaban J connectivity index is 3.72. The summed E-state index contributed by atoms with van der Waals surface area (Å²) in [5.74, 6) is 0. The molecule has 3 heteroatoms. The highest BCUT2D eigenvalue weighted by Crippen LogP contribution is 2.14. The molecule has 0 bridgehead atoms. The molecule has 0 aliphatic carbocycles. The van der Waals surface area contributed by atoms with Crippen molar-refractivity contribution in [1.82, 2.24) is 4.90 Å². The standard InChI is InChI=1S/C33H69NO2/c1-4-6-8-10-12-14-16-18-20-22-24-26-28-34(30-31-36-33-32-35-3)29-27-25-23-21-19-17-15-13-11-9-7-5-2/h4-33H2,1-3H3. The van der Waals surface area contributed by atoms with Gasteiger partial charge >= 0.3 is 0 Å². The quantitative estimate of drug-likeness (QED) is 0.0838. The van der Waals surface area contributed by atoms with Crippen molar-refractivity contribution in [3.63, 3.8) is 0 Å². The molecule has 0 aromatic carbocycles. The third kappa shape index (κ3) is 30.1. The average Bonchev–Trinajstić information content (AvgIpc) is 2.89. The van der Waals surface area contributed by atoms with E-state index in [9.17, 15) is 0 Å². The zero-order chi connectivity index (χ0) is 26.2. The number of hydrogen-bond donors (Lipinski definition) is 0. The van der Waals surface area contributed by atoms with Gasteiger partial charge in [-0.1, -0.05) is 155 Å². The van der Waals surface area contributed by atoms with Crippen molar-refractivity contribution < 1.29 is 9.47 Å². The van der Waals surface area contributed by atoms with Crippen LogP contribution in [0.1, 0.15) is 168 Å². The van der Waals surface area contributed by atoms with Gasteiger partial charge in [0.1, 0.15) is 0 Å². The summed E-state index contributed by atoms with van der Waals surface area (Å²) in [6, 6.07) is 0. The zero-order valence-corrected chi connectivity index (χ0v) is 25.5. The maximum atomic E-state index is 5.76. The summed E-state index contributed by atoms with van der Waals surface area (Å²) in [6.07, 6.45) is 34.2. The summed E-state index contributed by atoms with van der Waals surface area (Å²) in [5.41, 5.74) is 0. The predicted molar refractivity (Wildman–Crippen MR) is 161 cm³/mol. The van der Waals surface area contributed by atoms with Gasteiger partial charge in [0.05, 0.1) is 19.8 Å². The number of rotatable bonds is 32. The molecule has 0 aliphatic rings. The summed E-state index contributed by atoms with van der Waals surface area (Å²) < 4.78 is 10.9. The Morgan fingerprint density at radius 1 is 0.361 bits per heavy atom. The van der Waals surface area contributed by atoms with Crippen LogP contribution in [-0.2, 0) is 9.47 Å². The summed E-state index contributed by atoms with van der Waals surface area (Å²) in [5, 5.41) is 0. The average molecular weight is 512 g/mol. The van der Waals surface area contributed by atoms with Crippen molar-refractivity contribution in [2.75, 3.05) is 46.6 Å². The second-order valence-corrected chi connectivity index (χ2v) is 11.2. The third-order valence-corrected chi connectivity index (χ3v) is 7.64. The van der Waals surface area contributed by atoms with Crippen molar-refractivity contribution in [2.45, 2.75) is 168 Å². The fraction of sp³-hybridized carbons (Fsp3) is 1.00. The Kier molecular flexibility index (Phi) is 32.8. The van der Waals surface area contributed by atoms with Gasteiger partial charge in [-0.25, -0.2) is 0 Å².